The largest absolute Gasteiger partial charge is 0.790 e. The first-order valence-corrected chi connectivity index (χ1v) is 8.47. The first-order chi connectivity index (χ1) is 12.3. The zero-order valence-corrected chi connectivity index (χ0v) is 14.3. The molecule has 140 valence electrons. The van der Waals surface area contributed by atoms with Crippen LogP contribution >= 0.6 is 7.82 Å². The van der Waals surface area contributed by atoms with Gasteiger partial charge in [0.2, 0.25) is 0 Å². The van der Waals surface area contributed by atoms with Crippen LogP contribution in [0.2, 0.25) is 0 Å². The lowest BCUT2D eigenvalue weighted by Gasteiger charge is -2.19. The van der Waals surface area contributed by atoms with Crippen LogP contribution in [0.25, 0.3) is 0 Å². The summed E-state index contributed by atoms with van der Waals surface area (Å²) in [5.41, 5.74) is 1.62. The first-order valence-electron chi connectivity index (χ1n) is 6.97. The number of hydrogen-bond acceptors (Lipinski definition) is 8. The Morgan fingerprint density at radius 3 is 1.50 bits per heavy atom. The van der Waals surface area contributed by atoms with Crippen molar-refractivity contribution in [2.45, 2.75) is 13.5 Å². The topological polar surface area (TPSA) is 166 Å². The highest BCUT2D eigenvalue weighted by atomic mass is 31.2. The molecule has 0 fully saturated rings. The fourth-order valence-corrected chi connectivity index (χ4v) is 1.67. The molecule has 0 saturated carbocycles. The van der Waals surface area contributed by atoms with E-state index in [1.54, 1.807) is 0 Å². The number of rotatable bonds is 6. The monoisotopic (exact) mass is 384 g/mol. The van der Waals surface area contributed by atoms with Crippen LogP contribution in [0.15, 0.2) is 59.4 Å². The second-order valence-corrected chi connectivity index (χ2v) is 5.65. The number of phosphoric acid groups is 1. The summed E-state index contributed by atoms with van der Waals surface area (Å²) in [5, 5.41) is 22.8. The van der Waals surface area contributed by atoms with Gasteiger partial charge in [0, 0.05) is 35.4 Å². The lowest BCUT2D eigenvalue weighted by Crippen LogP contribution is -2.40. The lowest BCUT2D eigenvalue weighted by molar-refractivity contribution is -0.788. The van der Waals surface area contributed by atoms with Gasteiger partial charge in [-0.05, 0) is 0 Å². The number of pyridine rings is 2. The van der Waals surface area contributed by atoms with Crippen molar-refractivity contribution < 1.29 is 43.5 Å². The van der Waals surface area contributed by atoms with Gasteiger partial charge in [0.1, 0.15) is 0 Å². The summed E-state index contributed by atoms with van der Waals surface area (Å²) in [7, 11) is -5.14. The van der Waals surface area contributed by atoms with Gasteiger partial charge in [0.05, 0.1) is 20.3 Å². The van der Waals surface area contributed by atoms with Gasteiger partial charge in [-0.2, -0.15) is 9.13 Å². The van der Waals surface area contributed by atoms with Gasteiger partial charge >= 0.3 is 0 Å². The highest BCUT2D eigenvalue weighted by molar-refractivity contribution is 7.42. The van der Waals surface area contributed by atoms with Crippen LogP contribution in [-0.2, 0) is 22.8 Å². The Balaban J connectivity index is 0.000000597. The van der Waals surface area contributed by atoms with E-state index in [1.807, 2.05) is 58.2 Å². The van der Waals surface area contributed by atoms with Crippen LogP contribution in [0.1, 0.15) is 11.1 Å². The number of nitrogens with zero attached hydrogens (tertiary/aromatic N) is 4. The molecule has 26 heavy (non-hydrogen) atoms. The predicted molar refractivity (Wildman–Crippen MR) is 82.9 cm³/mol. The number of oxime groups is 2. The molecular formula is C14H17N4O7P. The molecule has 0 radical (unpaired) electrons. The van der Waals surface area contributed by atoms with E-state index in [-0.39, 0.29) is 0 Å². The Bertz CT molecular complexity index is 696. The maximum atomic E-state index is 8.66. The summed E-state index contributed by atoms with van der Waals surface area (Å²) >= 11 is 0. The molecule has 0 unspecified atom stereocenters. The van der Waals surface area contributed by atoms with Gasteiger partial charge in [0.25, 0.3) is 13.5 Å². The van der Waals surface area contributed by atoms with Crippen LogP contribution in [0, 0.1) is 0 Å². The second kappa shape index (κ2) is 11.0. The minimum absolute atomic E-state index is 0.406. The van der Waals surface area contributed by atoms with Crippen LogP contribution in [-0.4, -0.2) is 27.7 Å². The predicted octanol–water partition coefficient (Wildman–Crippen LogP) is -1.68. The third-order valence-electron chi connectivity index (χ3n) is 2.73. The maximum Gasteiger partial charge on any atom is 0.257 e. The fraction of sp³-hybridized carbons (Fsp3) is 0.143. The molecule has 12 heteroatoms. The lowest BCUT2D eigenvalue weighted by atomic mass is 10.3. The zero-order chi connectivity index (χ0) is 19.4. The van der Waals surface area contributed by atoms with E-state index in [2.05, 4.69) is 10.3 Å². The minimum atomic E-state index is -5.14. The van der Waals surface area contributed by atoms with Crippen molar-refractivity contribution in [2.75, 3.05) is 0 Å². The molecule has 2 aromatic heterocycles. The molecule has 0 aliphatic heterocycles. The molecule has 0 aliphatic carbocycles. The van der Waals surface area contributed by atoms with Crippen molar-refractivity contribution >= 4 is 20.3 Å². The Hall–Kier alpha value is -2.69. The van der Waals surface area contributed by atoms with Crippen LogP contribution in [0.3, 0.4) is 0 Å². The van der Waals surface area contributed by atoms with E-state index in [0.29, 0.717) is 13.5 Å². The average Bonchev–Trinajstić information content (AvgIpc) is 2.57. The molecule has 2 aromatic rings. The van der Waals surface area contributed by atoms with Crippen molar-refractivity contribution in [1.29, 1.82) is 0 Å². The number of ether oxygens (including phenoxy) is 1. The molecular weight excluding hydrogens is 367 g/mol. The third kappa shape index (κ3) is 10.2. The van der Waals surface area contributed by atoms with E-state index in [9.17, 15) is 0 Å². The molecule has 0 atom stereocenters. The molecule has 2 rings (SSSR count). The quantitative estimate of drug-likeness (QED) is 0.176. The van der Waals surface area contributed by atoms with E-state index in [1.165, 1.54) is 12.4 Å². The smallest absolute Gasteiger partial charge is 0.257 e. The van der Waals surface area contributed by atoms with Gasteiger partial charge in [-0.3, -0.25) is 4.74 Å². The molecule has 0 bridgehead atoms. The summed E-state index contributed by atoms with van der Waals surface area (Å²) in [6.45, 7) is 0.812. The molecule has 11 nitrogen and oxygen atoms in total. The average molecular weight is 384 g/mol. The first kappa shape index (κ1) is 21.4. The fourth-order valence-electron chi connectivity index (χ4n) is 1.67. The molecule has 0 aromatic carbocycles. The molecule has 0 amide bonds. The van der Waals surface area contributed by atoms with Crippen molar-refractivity contribution in [3.05, 3.63) is 60.2 Å². The van der Waals surface area contributed by atoms with Crippen molar-refractivity contribution in [2.24, 2.45) is 10.3 Å². The van der Waals surface area contributed by atoms with Crippen LogP contribution in [0.4, 0.5) is 0 Å². The molecule has 0 saturated heterocycles. The van der Waals surface area contributed by atoms with E-state index >= 15 is 0 Å². The van der Waals surface area contributed by atoms with Crippen molar-refractivity contribution in [3.63, 3.8) is 0 Å². The molecule has 3 N–H and O–H groups in total. The normalized spacial score (nSPS) is 11.5. The van der Waals surface area contributed by atoms with Crippen molar-refractivity contribution in [3.8, 4) is 0 Å². The molecule has 0 spiro atoms. The summed E-state index contributed by atoms with van der Waals surface area (Å²) in [6.07, 6.45) is 10.1. The number of aromatic nitrogens is 2. The highest BCUT2D eigenvalue weighted by Crippen LogP contribution is 2.11. The zero-order valence-electron chi connectivity index (χ0n) is 13.4. The van der Waals surface area contributed by atoms with Gasteiger partial charge in [-0.15, -0.1) is 0 Å². The van der Waals surface area contributed by atoms with E-state index in [4.69, 9.17) is 34.4 Å². The number of hydrogen-bond donors (Lipinski definition) is 3. The van der Waals surface area contributed by atoms with Crippen LogP contribution < -0.4 is 18.9 Å². The van der Waals surface area contributed by atoms with Gasteiger partial charge in [0.15, 0.2) is 24.8 Å². The Morgan fingerprint density at radius 2 is 1.23 bits per heavy atom. The third-order valence-corrected chi connectivity index (χ3v) is 2.73. The second-order valence-electron chi connectivity index (χ2n) is 4.71. The van der Waals surface area contributed by atoms with Gasteiger partial charge in [-0.25, -0.2) is 0 Å². The Kier molecular flexibility index (Phi) is 9.06. The SMILES string of the molecule is O/N=C\c1cc[n+](COC[n+]2ccc(/C=N\O)cc2)cc1.O=P([O-])([O-])O. The Morgan fingerprint density at radius 1 is 0.923 bits per heavy atom. The minimum Gasteiger partial charge on any atom is -0.790 e. The van der Waals surface area contributed by atoms with Crippen molar-refractivity contribution in [1.82, 2.24) is 0 Å². The summed E-state index contributed by atoms with van der Waals surface area (Å²) in [5.74, 6) is 0. The van der Waals surface area contributed by atoms with E-state index < -0.39 is 7.82 Å². The Labute approximate surface area is 148 Å². The van der Waals surface area contributed by atoms with E-state index in [0.717, 1.165) is 11.1 Å². The molecule has 2 heterocycles. The summed E-state index contributed by atoms with van der Waals surface area (Å²) in [6, 6.07) is 7.27. The maximum absolute atomic E-state index is 8.66. The van der Waals surface area contributed by atoms with Crippen LogP contribution in [0.5, 0.6) is 0 Å². The van der Waals surface area contributed by atoms with Gasteiger partial charge < -0.3 is 29.7 Å². The molecule has 0 aliphatic rings. The highest BCUT2D eigenvalue weighted by Gasteiger charge is 2.04. The summed E-state index contributed by atoms with van der Waals surface area (Å²) < 4.78 is 18.0. The van der Waals surface area contributed by atoms with Gasteiger partial charge in [-0.1, -0.05) is 10.3 Å². The summed E-state index contributed by atoms with van der Waals surface area (Å²) in [4.78, 5) is 24.3. The standard InChI is InChI=1S/C14H14N4O3.H3O4P/c19-15-9-13-1-5-17(6-2-13)11-21-12-18-7-3-14(4-8-18)10-16-20;1-5(2,3)4/h1-10H,11-12H2;(H3,1,2,3,4).